The molecule has 0 heterocycles. The lowest BCUT2D eigenvalue weighted by Gasteiger charge is -2.21. The summed E-state index contributed by atoms with van der Waals surface area (Å²) in [6.07, 6.45) is 1.53. The van der Waals surface area contributed by atoms with Gasteiger partial charge in [-0.2, -0.15) is 0 Å². The summed E-state index contributed by atoms with van der Waals surface area (Å²) in [5.41, 5.74) is 0.284. The summed E-state index contributed by atoms with van der Waals surface area (Å²) in [4.78, 5) is 11.4. The normalized spacial score (nSPS) is 12.7. The summed E-state index contributed by atoms with van der Waals surface area (Å²) in [5, 5.41) is 6.08. The van der Waals surface area contributed by atoms with Gasteiger partial charge in [-0.25, -0.2) is 0 Å². The van der Waals surface area contributed by atoms with Crippen molar-refractivity contribution in [1.29, 1.82) is 0 Å². The molecular formula is C12H26N2O. The van der Waals surface area contributed by atoms with Crippen LogP contribution >= 0.6 is 0 Å². The first-order chi connectivity index (χ1) is 6.60. The Morgan fingerprint density at radius 1 is 1.07 bits per heavy atom. The van der Waals surface area contributed by atoms with E-state index in [1.165, 1.54) is 0 Å². The Bertz CT molecular complexity index is 199. The average Bonchev–Trinajstić information content (AvgIpc) is 1.97. The van der Waals surface area contributed by atoms with Gasteiger partial charge in [0.25, 0.3) is 0 Å². The highest BCUT2D eigenvalue weighted by molar-refractivity contribution is 5.75. The Balaban J connectivity index is 3.60. The lowest BCUT2D eigenvalue weighted by atomic mass is 9.90. The molecule has 15 heavy (non-hydrogen) atoms. The summed E-state index contributed by atoms with van der Waals surface area (Å²) >= 11 is 0. The molecule has 0 atom stereocenters. The Morgan fingerprint density at radius 2 is 1.60 bits per heavy atom. The fourth-order valence-electron chi connectivity index (χ4n) is 0.985. The third-order valence-electron chi connectivity index (χ3n) is 2.01. The first-order valence-electron chi connectivity index (χ1n) is 5.62. The summed E-state index contributed by atoms with van der Waals surface area (Å²) in [6.45, 7) is 13.2. The molecule has 0 bridgehead atoms. The number of hydrogen-bond donors (Lipinski definition) is 2. The number of hydrogen-bond acceptors (Lipinski definition) is 2. The third kappa shape index (κ3) is 11.4. The van der Waals surface area contributed by atoms with Crippen LogP contribution in [0.4, 0.5) is 0 Å². The molecule has 0 aliphatic carbocycles. The van der Waals surface area contributed by atoms with E-state index >= 15 is 0 Å². The number of carbonyl (C=O) groups is 1. The molecule has 0 rings (SSSR count). The second-order valence-electron chi connectivity index (χ2n) is 6.26. The van der Waals surface area contributed by atoms with Crippen LogP contribution in [0.5, 0.6) is 0 Å². The number of carbonyl (C=O) groups excluding carboxylic acids is 1. The van der Waals surface area contributed by atoms with Gasteiger partial charge < -0.3 is 5.32 Å². The zero-order valence-electron chi connectivity index (χ0n) is 11.0. The molecule has 90 valence electrons. The molecular weight excluding hydrogens is 188 g/mol. The maximum atomic E-state index is 11.4. The molecule has 0 aromatic heterocycles. The van der Waals surface area contributed by atoms with Crippen molar-refractivity contribution in [2.45, 2.75) is 59.9 Å². The molecule has 3 nitrogen and oxygen atoms in total. The van der Waals surface area contributed by atoms with Gasteiger partial charge in [-0.05, 0) is 32.6 Å². The Morgan fingerprint density at radius 3 is 2.00 bits per heavy atom. The maximum absolute atomic E-state index is 11.4. The van der Waals surface area contributed by atoms with Crippen LogP contribution in [-0.4, -0.2) is 18.1 Å². The predicted octanol–water partition coefficient (Wildman–Crippen LogP) is 2.27. The van der Waals surface area contributed by atoms with Gasteiger partial charge in [-0.1, -0.05) is 20.8 Å². The van der Waals surface area contributed by atoms with Crippen LogP contribution in [0.3, 0.4) is 0 Å². The van der Waals surface area contributed by atoms with Gasteiger partial charge >= 0.3 is 0 Å². The van der Waals surface area contributed by atoms with E-state index in [1.54, 1.807) is 0 Å². The highest BCUT2D eigenvalue weighted by Crippen LogP contribution is 2.19. The molecule has 0 radical (unpaired) electrons. The van der Waals surface area contributed by atoms with Crippen LogP contribution < -0.4 is 10.6 Å². The molecule has 0 spiro atoms. The largest absolute Gasteiger partial charge is 0.344 e. The van der Waals surface area contributed by atoms with Crippen molar-refractivity contribution in [2.24, 2.45) is 5.41 Å². The molecule has 0 aliphatic rings. The molecule has 0 saturated carbocycles. The van der Waals surface area contributed by atoms with Crippen LogP contribution in [-0.2, 0) is 4.79 Å². The molecule has 0 aliphatic heterocycles. The summed E-state index contributed by atoms with van der Waals surface area (Å²) in [5.74, 6) is 0.127. The van der Waals surface area contributed by atoms with Crippen molar-refractivity contribution in [3.8, 4) is 0 Å². The van der Waals surface area contributed by atoms with Crippen molar-refractivity contribution in [3.63, 3.8) is 0 Å². The Labute approximate surface area is 94.0 Å². The van der Waals surface area contributed by atoms with Gasteiger partial charge in [0.15, 0.2) is 0 Å². The number of nitrogens with one attached hydrogen (secondary N) is 2. The van der Waals surface area contributed by atoms with Gasteiger partial charge in [0, 0.05) is 12.0 Å². The van der Waals surface area contributed by atoms with Gasteiger partial charge in [0.05, 0.1) is 6.67 Å². The van der Waals surface area contributed by atoms with E-state index in [0.29, 0.717) is 13.1 Å². The first kappa shape index (κ1) is 14.4. The highest BCUT2D eigenvalue weighted by Gasteiger charge is 2.13. The minimum Gasteiger partial charge on any atom is -0.344 e. The molecule has 3 heteroatoms. The van der Waals surface area contributed by atoms with Crippen LogP contribution in [0, 0.1) is 5.41 Å². The molecule has 2 N–H and O–H groups in total. The van der Waals surface area contributed by atoms with E-state index < -0.39 is 0 Å². The molecule has 0 aromatic rings. The maximum Gasteiger partial charge on any atom is 0.221 e. The van der Waals surface area contributed by atoms with E-state index in [9.17, 15) is 4.79 Å². The third-order valence-corrected chi connectivity index (χ3v) is 2.01. The van der Waals surface area contributed by atoms with E-state index in [4.69, 9.17) is 0 Å². The van der Waals surface area contributed by atoms with Crippen LogP contribution in [0.25, 0.3) is 0 Å². The SMILES string of the molecule is CC(C)(C)CCC(=O)NCNC(C)(C)C. The van der Waals surface area contributed by atoms with Gasteiger partial charge in [-0.15, -0.1) is 0 Å². The van der Waals surface area contributed by atoms with Gasteiger partial charge in [0.1, 0.15) is 0 Å². The lowest BCUT2D eigenvalue weighted by molar-refractivity contribution is -0.121. The van der Waals surface area contributed by atoms with E-state index in [1.807, 2.05) is 0 Å². The average molecular weight is 214 g/mol. The zero-order valence-corrected chi connectivity index (χ0v) is 11.0. The zero-order chi connectivity index (χ0) is 12.1. The van der Waals surface area contributed by atoms with Crippen LogP contribution in [0.15, 0.2) is 0 Å². The second kappa shape index (κ2) is 5.50. The fraction of sp³-hybridized carbons (Fsp3) is 0.917. The lowest BCUT2D eigenvalue weighted by Crippen LogP contribution is -2.43. The predicted molar refractivity (Wildman–Crippen MR) is 64.6 cm³/mol. The van der Waals surface area contributed by atoms with E-state index in [0.717, 1.165) is 6.42 Å². The van der Waals surface area contributed by atoms with Crippen molar-refractivity contribution in [1.82, 2.24) is 10.6 Å². The molecule has 1 amide bonds. The quantitative estimate of drug-likeness (QED) is 0.705. The Kier molecular flexibility index (Phi) is 5.29. The smallest absolute Gasteiger partial charge is 0.221 e. The topological polar surface area (TPSA) is 41.1 Å². The van der Waals surface area contributed by atoms with Gasteiger partial charge in [0.2, 0.25) is 5.91 Å². The monoisotopic (exact) mass is 214 g/mol. The highest BCUT2D eigenvalue weighted by atomic mass is 16.1. The molecule has 0 saturated heterocycles. The van der Waals surface area contributed by atoms with Crippen molar-refractivity contribution >= 4 is 5.91 Å². The van der Waals surface area contributed by atoms with Crippen molar-refractivity contribution in [2.75, 3.05) is 6.67 Å². The van der Waals surface area contributed by atoms with E-state index in [-0.39, 0.29) is 16.9 Å². The second-order valence-corrected chi connectivity index (χ2v) is 6.26. The number of rotatable bonds is 4. The molecule has 0 unspecified atom stereocenters. The van der Waals surface area contributed by atoms with Crippen LogP contribution in [0.1, 0.15) is 54.4 Å². The molecule has 0 fully saturated rings. The van der Waals surface area contributed by atoms with Crippen LogP contribution in [0.2, 0.25) is 0 Å². The number of amides is 1. The van der Waals surface area contributed by atoms with Crippen molar-refractivity contribution in [3.05, 3.63) is 0 Å². The van der Waals surface area contributed by atoms with E-state index in [2.05, 4.69) is 52.2 Å². The fourth-order valence-corrected chi connectivity index (χ4v) is 0.985. The minimum absolute atomic E-state index is 0.0529. The van der Waals surface area contributed by atoms with Crippen molar-refractivity contribution < 1.29 is 4.79 Å². The standard InChI is InChI=1S/C12H26N2O/c1-11(2,3)8-7-10(15)13-9-14-12(4,5)6/h14H,7-9H2,1-6H3,(H,13,15). The summed E-state index contributed by atoms with van der Waals surface area (Å²) < 4.78 is 0. The summed E-state index contributed by atoms with van der Waals surface area (Å²) in [7, 11) is 0. The first-order valence-corrected chi connectivity index (χ1v) is 5.62. The van der Waals surface area contributed by atoms with Gasteiger partial charge in [-0.3, -0.25) is 10.1 Å². The minimum atomic E-state index is 0.0529. The molecule has 0 aromatic carbocycles. The summed E-state index contributed by atoms with van der Waals surface area (Å²) in [6, 6.07) is 0. The Hall–Kier alpha value is -0.570.